The quantitative estimate of drug-likeness (QED) is 0.478. The number of rotatable bonds is 5. The minimum Gasteiger partial charge on any atom is -0.375 e. The van der Waals surface area contributed by atoms with Crippen molar-refractivity contribution in [3.8, 4) is 0 Å². The zero-order valence-corrected chi connectivity index (χ0v) is 19.1. The lowest BCUT2D eigenvalue weighted by molar-refractivity contribution is 0.440. The van der Waals surface area contributed by atoms with Crippen LogP contribution >= 0.6 is 0 Å². The Morgan fingerprint density at radius 3 is 2.03 bits per heavy atom. The number of hydrogen-bond acceptors (Lipinski definition) is 5. The third-order valence-corrected chi connectivity index (χ3v) is 7.99. The summed E-state index contributed by atoms with van der Waals surface area (Å²) in [6.45, 7) is 1.19. The fourth-order valence-electron chi connectivity index (χ4n) is 3.61. The maximum atomic E-state index is 15.1. The van der Waals surface area contributed by atoms with Crippen molar-refractivity contribution in [2.45, 2.75) is 80.5 Å². The highest BCUT2D eigenvalue weighted by atomic mass is 32.2. The van der Waals surface area contributed by atoms with Gasteiger partial charge in [-0.3, -0.25) is 0 Å². The van der Waals surface area contributed by atoms with Crippen LogP contribution in [0.25, 0.3) is 0 Å². The molecule has 0 heterocycles. The van der Waals surface area contributed by atoms with Crippen LogP contribution in [0.3, 0.4) is 0 Å². The summed E-state index contributed by atoms with van der Waals surface area (Å²) in [5, 5.41) is 7.49. The zero-order valence-electron chi connectivity index (χ0n) is 17.5. The molecule has 3 N–H and O–H groups in total. The first kappa shape index (κ1) is 25.7. The van der Waals surface area contributed by atoms with Gasteiger partial charge in [-0.1, -0.05) is 57.6 Å². The molecule has 0 amide bonds. The Morgan fingerprint density at radius 1 is 0.903 bits per heavy atom. The molecule has 31 heavy (non-hydrogen) atoms. The van der Waals surface area contributed by atoms with Crippen LogP contribution in [0.2, 0.25) is 0 Å². The SMILES string of the molecule is CCS(=O)(=O)c1c(F)c(F)c(S(N)(=O)=O)c(F)c1N[C@H]1/C=C/CCCCCCCCC1. The third kappa shape index (κ3) is 6.45. The van der Waals surface area contributed by atoms with Crippen LogP contribution in [-0.4, -0.2) is 28.6 Å². The number of benzene rings is 1. The predicted octanol–water partition coefficient (Wildman–Crippen LogP) is 4.41. The minimum absolute atomic E-state index is 0.477. The molecule has 6 nitrogen and oxygen atoms in total. The lowest BCUT2D eigenvalue weighted by Gasteiger charge is -2.22. The molecule has 0 spiro atoms. The molecule has 1 aliphatic rings. The number of halogens is 3. The second kappa shape index (κ2) is 10.8. The van der Waals surface area contributed by atoms with Gasteiger partial charge in [0.1, 0.15) is 4.90 Å². The van der Waals surface area contributed by atoms with Gasteiger partial charge in [0, 0.05) is 6.04 Å². The first-order valence-corrected chi connectivity index (χ1v) is 13.6. The van der Waals surface area contributed by atoms with Crippen molar-refractivity contribution in [1.82, 2.24) is 0 Å². The molecule has 0 fully saturated rings. The number of primary sulfonamides is 1. The monoisotopic (exact) mass is 482 g/mol. The van der Waals surface area contributed by atoms with Crippen LogP contribution in [0, 0.1) is 17.5 Å². The molecule has 0 radical (unpaired) electrons. The molecule has 0 saturated heterocycles. The highest BCUT2D eigenvalue weighted by Gasteiger charge is 2.36. The average molecular weight is 483 g/mol. The fourth-order valence-corrected chi connectivity index (χ4v) is 5.41. The average Bonchev–Trinajstić information content (AvgIpc) is 2.67. The first-order valence-electron chi connectivity index (χ1n) is 10.4. The molecule has 1 aromatic rings. The molecule has 0 saturated carbocycles. The molecular weight excluding hydrogens is 453 g/mol. The summed E-state index contributed by atoms with van der Waals surface area (Å²) in [5.74, 6) is -6.49. The molecule has 0 bridgehead atoms. The Kier molecular flexibility index (Phi) is 8.96. The molecule has 0 aliphatic heterocycles. The van der Waals surface area contributed by atoms with Gasteiger partial charge in [0.15, 0.2) is 32.2 Å². The molecule has 2 rings (SSSR count). The van der Waals surface area contributed by atoms with E-state index < -0.39 is 64.6 Å². The van der Waals surface area contributed by atoms with Gasteiger partial charge in [-0.05, 0) is 19.3 Å². The highest BCUT2D eigenvalue weighted by molar-refractivity contribution is 7.91. The summed E-state index contributed by atoms with van der Waals surface area (Å²) in [6, 6.07) is -0.599. The van der Waals surface area contributed by atoms with Crippen LogP contribution in [-0.2, 0) is 19.9 Å². The molecule has 1 aliphatic carbocycles. The van der Waals surface area contributed by atoms with Crippen molar-refractivity contribution in [2.75, 3.05) is 11.1 Å². The van der Waals surface area contributed by atoms with Crippen molar-refractivity contribution in [3.05, 3.63) is 29.6 Å². The van der Waals surface area contributed by atoms with E-state index in [1.54, 1.807) is 6.08 Å². The third-order valence-electron chi connectivity index (χ3n) is 5.30. The summed E-state index contributed by atoms with van der Waals surface area (Å²) in [6.07, 6.45) is 11.8. The van der Waals surface area contributed by atoms with Gasteiger partial charge in [0.25, 0.3) is 0 Å². The molecule has 1 atom stereocenters. The normalized spacial score (nSPS) is 20.5. The maximum Gasteiger partial charge on any atom is 0.244 e. The summed E-state index contributed by atoms with van der Waals surface area (Å²) >= 11 is 0. The van der Waals surface area contributed by atoms with Gasteiger partial charge in [0.2, 0.25) is 10.0 Å². The summed E-state index contributed by atoms with van der Waals surface area (Å²) in [5.41, 5.74) is -0.911. The number of nitrogens with one attached hydrogen (secondary N) is 1. The van der Waals surface area contributed by atoms with Crippen molar-refractivity contribution >= 4 is 25.5 Å². The van der Waals surface area contributed by atoms with E-state index >= 15 is 4.39 Å². The molecule has 176 valence electrons. The molecule has 1 aromatic carbocycles. The van der Waals surface area contributed by atoms with Crippen molar-refractivity contribution in [2.24, 2.45) is 5.14 Å². The van der Waals surface area contributed by atoms with E-state index in [1.807, 2.05) is 6.08 Å². The van der Waals surface area contributed by atoms with Crippen LogP contribution < -0.4 is 10.5 Å². The van der Waals surface area contributed by atoms with Gasteiger partial charge in [-0.2, -0.15) is 0 Å². The van der Waals surface area contributed by atoms with E-state index in [0.717, 1.165) is 51.4 Å². The van der Waals surface area contributed by atoms with Crippen molar-refractivity contribution in [3.63, 3.8) is 0 Å². The van der Waals surface area contributed by atoms with E-state index in [2.05, 4.69) is 5.32 Å². The summed E-state index contributed by atoms with van der Waals surface area (Å²) in [4.78, 5) is -2.92. The van der Waals surface area contributed by atoms with Crippen molar-refractivity contribution in [1.29, 1.82) is 0 Å². The summed E-state index contributed by atoms with van der Waals surface area (Å²) < 4.78 is 92.5. The van der Waals surface area contributed by atoms with Crippen LogP contribution in [0.5, 0.6) is 0 Å². The van der Waals surface area contributed by atoms with E-state index in [4.69, 9.17) is 5.14 Å². The zero-order chi connectivity index (χ0) is 23.2. The number of nitrogens with two attached hydrogens (primary N) is 1. The summed E-state index contributed by atoms with van der Waals surface area (Å²) in [7, 11) is -9.43. The molecule has 11 heteroatoms. The predicted molar refractivity (Wildman–Crippen MR) is 114 cm³/mol. The fraction of sp³-hybridized carbons (Fsp3) is 0.600. The standard InChI is InChI=1S/C20H29F3N2O4S2/c1-2-30(26,27)20-16(22)15(21)19(31(24,28)29)17(23)18(20)25-14-12-10-8-6-4-3-5-7-9-11-13-14/h10,12,14,25H,2-9,11,13H2,1H3,(H2,24,28,29)/b12-10+/t14-/m0/s1. The molecular formula is C20H29F3N2O4S2. The van der Waals surface area contributed by atoms with Gasteiger partial charge in [-0.25, -0.2) is 35.1 Å². The van der Waals surface area contributed by atoms with E-state index in [0.29, 0.717) is 6.42 Å². The van der Waals surface area contributed by atoms with Crippen LogP contribution in [0.15, 0.2) is 21.9 Å². The smallest absolute Gasteiger partial charge is 0.244 e. The Morgan fingerprint density at radius 2 is 1.45 bits per heavy atom. The lowest BCUT2D eigenvalue weighted by Crippen LogP contribution is -2.25. The Balaban J connectivity index is 2.60. The first-order chi connectivity index (χ1) is 14.5. The molecule has 0 unspecified atom stereocenters. The minimum atomic E-state index is -4.99. The number of anilines is 1. The topological polar surface area (TPSA) is 106 Å². The maximum absolute atomic E-state index is 15.1. The Hall–Kier alpha value is -1.59. The van der Waals surface area contributed by atoms with Gasteiger partial charge in [-0.15, -0.1) is 0 Å². The van der Waals surface area contributed by atoms with Gasteiger partial charge < -0.3 is 5.32 Å². The molecule has 0 aromatic heterocycles. The second-order valence-corrected chi connectivity index (χ2v) is 11.4. The highest BCUT2D eigenvalue weighted by Crippen LogP contribution is 2.36. The number of sulfonamides is 1. The van der Waals surface area contributed by atoms with E-state index in [-0.39, 0.29) is 0 Å². The Labute approximate surface area is 182 Å². The Bertz CT molecular complexity index is 1030. The van der Waals surface area contributed by atoms with Crippen molar-refractivity contribution < 1.29 is 30.0 Å². The number of hydrogen-bond donors (Lipinski definition) is 2. The lowest BCUT2D eigenvalue weighted by atomic mass is 10.0. The largest absolute Gasteiger partial charge is 0.375 e. The van der Waals surface area contributed by atoms with Crippen LogP contribution in [0.1, 0.15) is 64.7 Å². The number of sulfone groups is 1. The van der Waals surface area contributed by atoms with Crippen LogP contribution in [0.4, 0.5) is 18.9 Å². The van der Waals surface area contributed by atoms with E-state index in [1.165, 1.54) is 6.92 Å². The van der Waals surface area contributed by atoms with Gasteiger partial charge in [0.05, 0.1) is 11.4 Å². The second-order valence-electron chi connectivity index (χ2n) is 7.65. The van der Waals surface area contributed by atoms with Gasteiger partial charge >= 0.3 is 0 Å². The number of allylic oxidation sites excluding steroid dienone is 1. The van der Waals surface area contributed by atoms with E-state index in [9.17, 15) is 25.6 Å².